The van der Waals surface area contributed by atoms with Crippen molar-refractivity contribution in [3.63, 3.8) is 0 Å². The second kappa shape index (κ2) is 4.72. The number of nitrogens with two attached hydrogens (primary N) is 1. The fraction of sp³-hybridized carbons (Fsp3) is 0.167. The van der Waals surface area contributed by atoms with Gasteiger partial charge in [-0.25, -0.2) is 9.97 Å². The van der Waals surface area contributed by atoms with Gasteiger partial charge in [-0.05, 0) is 24.7 Å². The van der Waals surface area contributed by atoms with Crippen LogP contribution >= 0.6 is 0 Å². The Morgan fingerprint density at radius 2 is 2.25 bits per heavy atom. The number of nitrogens with zero attached hydrogens (tertiary/aromatic N) is 2. The van der Waals surface area contributed by atoms with Gasteiger partial charge in [0.15, 0.2) is 0 Å². The Hall–Kier alpha value is -1.94. The normalized spacial score (nSPS) is 11.3. The van der Waals surface area contributed by atoms with Crippen LogP contribution in [-0.2, 0) is 0 Å². The number of hydrogen-bond acceptors (Lipinski definition) is 4. The lowest BCUT2D eigenvalue weighted by Crippen LogP contribution is -2.03. The Balaban J connectivity index is 2.39. The van der Waals surface area contributed by atoms with Gasteiger partial charge in [-0.1, -0.05) is 18.2 Å². The van der Waals surface area contributed by atoms with Crippen molar-refractivity contribution in [3.05, 3.63) is 36.2 Å². The van der Waals surface area contributed by atoms with Crippen molar-refractivity contribution in [2.45, 2.75) is 0 Å². The van der Waals surface area contributed by atoms with Crippen LogP contribution in [0, 0.1) is 0 Å². The van der Waals surface area contributed by atoms with Crippen molar-refractivity contribution < 1.29 is 0 Å². The summed E-state index contributed by atoms with van der Waals surface area (Å²) in [5, 5.41) is 3.95. The third-order valence-corrected chi connectivity index (χ3v) is 2.32. The zero-order valence-corrected chi connectivity index (χ0v) is 9.14. The van der Waals surface area contributed by atoms with Crippen molar-refractivity contribution in [3.8, 4) is 0 Å². The molecule has 2 rings (SSSR count). The van der Waals surface area contributed by atoms with E-state index < -0.39 is 0 Å². The number of anilines is 1. The maximum absolute atomic E-state index is 5.79. The van der Waals surface area contributed by atoms with Crippen LogP contribution in [0.5, 0.6) is 0 Å². The van der Waals surface area contributed by atoms with Gasteiger partial charge < -0.3 is 11.1 Å². The number of likely N-dealkylation sites (N-methyl/N-ethyl adjacent to an activating group) is 1. The molecular weight excluding hydrogens is 200 g/mol. The Morgan fingerprint density at radius 1 is 1.38 bits per heavy atom. The topological polar surface area (TPSA) is 63.8 Å². The molecule has 2 aromatic rings. The van der Waals surface area contributed by atoms with Crippen LogP contribution in [0.25, 0.3) is 17.0 Å². The van der Waals surface area contributed by atoms with Gasteiger partial charge in [-0.2, -0.15) is 0 Å². The van der Waals surface area contributed by atoms with E-state index in [1.165, 1.54) is 6.33 Å². The van der Waals surface area contributed by atoms with Gasteiger partial charge in [0.05, 0.1) is 5.52 Å². The summed E-state index contributed by atoms with van der Waals surface area (Å²) < 4.78 is 0. The largest absolute Gasteiger partial charge is 0.383 e. The number of nitrogens with one attached hydrogen (secondary N) is 1. The standard InChI is InChI=1S/C12H14N4/c1-14-6-2-3-9-4-5-11-10(7-9)12(13)16-8-15-11/h2-5,7-8,14H,6H2,1H3,(H2,13,15,16). The minimum absolute atomic E-state index is 0.522. The predicted octanol–water partition coefficient (Wildman–Crippen LogP) is 1.44. The summed E-state index contributed by atoms with van der Waals surface area (Å²) in [6.45, 7) is 0.846. The maximum atomic E-state index is 5.79. The molecular formula is C12H14N4. The van der Waals surface area contributed by atoms with Crippen LogP contribution in [0.2, 0.25) is 0 Å². The molecule has 0 atom stereocenters. The lowest BCUT2D eigenvalue weighted by Gasteiger charge is -2.01. The van der Waals surface area contributed by atoms with Gasteiger partial charge >= 0.3 is 0 Å². The van der Waals surface area contributed by atoms with Crippen LogP contribution in [0.1, 0.15) is 5.56 Å². The van der Waals surface area contributed by atoms with Gasteiger partial charge in [0.2, 0.25) is 0 Å². The SMILES string of the molecule is CNCC=Cc1ccc2ncnc(N)c2c1. The van der Waals surface area contributed by atoms with Crippen LogP contribution in [0.4, 0.5) is 5.82 Å². The zero-order chi connectivity index (χ0) is 11.4. The first-order valence-electron chi connectivity index (χ1n) is 5.12. The van der Waals surface area contributed by atoms with E-state index in [1.54, 1.807) is 0 Å². The molecule has 0 saturated heterocycles. The maximum Gasteiger partial charge on any atom is 0.134 e. The molecule has 4 heteroatoms. The van der Waals surface area contributed by atoms with E-state index in [0.29, 0.717) is 5.82 Å². The van der Waals surface area contributed by atoms with E-state index in [4.69, 9.17) is 5.73 Å². The molecule has 16 heavy (non-hydrogen) atoms. The fourth-order valence-electron chi connectivity index (χ4n) is 1.51. The Labute approximate surface area is 94.2 Å². The number of benzene rings is 1. The van der Waals surface area contributed by atoms with Crippen LogP contribution in [0.15, 0.2) is 30.6 Å². The Kier molecular flexibility index (Phi) is 3.12. The van der Waals surface area contributed by atoms with Crippen molar-refractivity contribution in [1.29, 1.82) is 0 Å². The number of aromatic nitrogens is 2. The summed E-state index contributed by atoms with van der Waals surface area (Å²) in [6.07, 6.45) is 5.58. The summed E-state index contributed by atoms with van der Waals surface area (Å²) in [7, 11) is 1.91. The third kappa shape index (κ3) is 2.17. The molecule has 0 amide bonds. The van der Waals surface area contributed by atoms with E-state index in [9.17, 15) is 0 Å². The Morgan fingerprint density at radius 3 is 3.06 bits per heavy atom. The number of rotatable bonds is 3. The summed E-state index contributed by atoms with van der Waals surface area (Å²) in [4.78, 5) is 8.13. The first-order valence-corrected chi connectivity index (χ1v) is 5.12. The summed E-state index contributed by atoms with van der Waals surface area (Å²) in [5.41, 5.74) is 7.77. The number of nitrogen functional groups attached to an aromatic ring is 1. The second-order valence-electron chi connectivity index (χ2n) is 3.50. The summed E-state index contributed by atoms with van der Waals surface area (Å²) in [6, 6.07) is 5.96. The highest BCUT2D eigenvalue weighted by Gasteiger charge is 1.99. The molecule has 1 aromatic heterocycles. The molecule has 0 aliphatic carbocycles. The number of hydrogen-bond donors (Lipinski definition) is 2. The number of fused-ring (bicyclic) bond motifs is 1. The minimum atomic E-state index is 0.522. The first-order chi connectivity index (χ1) is 7.81. The van der Waals surface area contributed by atoms with Gasteiger partial charge in [0, 0.05) is 11.9 Å². The van der Waals surface area contributed by atoms with Crippen molar-refractivity contribution >= 4 is 22.8 Å². The van der Waals surface area contributed by atoms with Crippen LogP contribution in [0.3, 0.4) is 0 Å². The van der Waals surface area contributed by atoms with E-state index in [1.807, 2.05) is 31.3 Å². The van der Waals surface area contributed by atoms with Crippen molar-refractivity contribution in [1.82, 2.24) is 15.3 Å². The molecule has 1 heterocycles. The van der Waals surface area contributed by atoms with Crippen LogP contribution < -0.4 is 11.1 Å². The second-order valence-corrected chi connectivity index (χ2v) is 3.50. The molecule has 1 aromatic carbocycles. The quantitative estimate of drug-likeness (QED) is 0.811. The Bertz CT molecular complexity index is 519. The minimum Gasteiger partial charge on any atom is -0.383 e. The molecule has 0 spiro atoms. The summed E-state index contributed by atoms with van der Waals surface area (Å²) >= 11 is 0. The van der Waals surface area contributed by atoms with E-state index in [-0.39, 0.29) is 0 Å². The van der Waals surface area contributed by atoms with Gasteiger partial charge in [0.1, 0.15) is 12.1 Å². The average Bonchev–Trinajstić information content (AvgIpc) is 2.30. The first kappa shape index (κ1) is 10.6. The van der Waals surface area contributed by atoms with E-state index in [2.05, 4.69) is 21.4 Å². The molecule has 3 N–H and O–H groups in total. The van der Waals surface area contributed by atoms with Crippen LogP contribution in [-0.4, -0.2) is 23.6 Å². The van der Waals surface area contributed by atoms with Crippen molar-refractivity contribution in [2.24, 2.45) is 0 Å². The smallest absolute Gasteiger partial charge is 0.134 e. The molecule has 0 bridgehead atoms. The predicted molar refractivity (Wildman–Crippen MR) is 66.9 cm³/mol. The lowest BCUT2D eigenvalue weighted by atomic mass is 10.1. The average molecular weight is 214 g/mol. The van der Waals surface area contributed by atoms with Gasteiger partial charge in [-0.15, -0.1) is 0 Å². The molecule has 0 radical (unpaired) electrons. The van der Waals surface area contributed by atoms with E-state index in [0.717, 1.165) is 23.0 Å². The third-order valence-electron chi connectivity index (χ3n) is 2.32. The molecule has 4 nitrogen and oxygen atoms in total. The highest BCUT2D eigenvalue weighted by molar-refractivity contribution is 5.89. The fourth-order valence-corrected chi connectivity index (χ4v) is 1.51. The molecule has 0 saturated carbocycles. The van der Waals surface area contributed by atoms with Gasteiger partial charge in [-0.3, -0.25) is 0 Å². The summed E-state index contributed by atoms with van der Waals surface area (Å²) in [5.74, 6) is 0.522. The highest BCUT2D eigenvalue weighted by atomic mass is 14.9. The lowest BCUT2D eigenvalue weighted by molar-refractivity contribution is 0.922. The molecule has 0 fully saturated rings. The van der Waals surface area contributed by atoms with Crippen molar-refractivity contribution in [2.75, 3.05) is 19.3 Å². The van der Waals surface area contributed by atoms with E-state index >= 15 is 0 Å². The highest BCUT2D eigenvalue weighted by Crippen LogP contribution is 2.18. The molecule has 0 unspecified atom stereocenters. The monoisotopic (exact) mass is 214 g/mol. The molecule has 0 aliphatic heterocycles. The van der Waals surface area contributed by atoms with Gasteiger partial charge in [0.25, 0.3) is 0 Å². The molecule has 82 valence electrons. The molecule has 0 aliphatic rings. The zero-order valence-electron chi connectivity index (χ0n) is 9.14.